The Morgan fingerprint density at radius 2 is 1.65 bits per heavy atom. The maximum atomic E-state index is 14.9. The first-order valence-electron chi connectivity index (χ1n) is 15.7. The molecule has 5 rings (SSSR count). The third-order valence-electron chi connectivity index (χ3n) is 11.9. The number of aliphatic hydroxyl groups is 4. The van der Waals surface area contributed by atoms with Gasteiger partial charge in [0, 0.05) is 24.2 Å². The standard InChI is InChI=1S/C33H48O9Si/c1-8-43(9-2,10-3)42-22-16-23-32(38,18-40-23)26-28(41-29(37)20-14-12-11-13-15-20)33(39)17-21(34)19(4)24(30(33,5)6)25(35)27(36)31(22,26)7/h11-15,21-23,25-26,28,34-35,38-39H,8-10,16-18H2,1-7H3/t21?,22-,23?,25?,26?,28?,31+,32?,33?/m0/s1. The van der Waals surface area contributed by atoms with Crippen molar-refractivity contribution in [3.05, 3.63) is 47.0 Å². The van der Waals surface area contributed by atoms with Gasteiger partial charge in [-0.2, -0.15) is 0 Å². The molecule has 1 aliphatic heterocycles. The summed E-state index contributed by atoms with van der Waals surface area (Å²) in [7, 11) is -2.36. The Balaban J connectivity index is 1.79. The highest BCUT2D eigenvalue weighted by molar-refractivity contribution is 6.73. The molecule has 3 aliphatic carbocycles. The van der Waals surface area contributed by atoms with Gasteiger partial charge in [0.15, 0.2) is 14.1 Å². The van der Waals surface area contributed by atoms with E-state index in [-0.39, 0.29) is 30.6 Å². The molecular weight excluding hydrogens is 568 g/mol. The Kier molecular flexibility index (Phi) is 8.20. The van der Waals surface area contributed by atoms with Gasteiger partial charge in [-0.1, -0.05) is 52.8 Å². The van der Waals surface area contributed by atoms with Crippen LogP contribution in [0.1, 0.15) is 71.7 Å². The van der Waals surface area contributed by atoms with Gasteiger partial charge in [0.2, 0.25) is 0 Å². The van der Waals surface area contributed by atoms with Crippen molar-refractivity contribution in [2.75, 3.05) is 6.61 Å². The lowest BCUT2D eigenvalue weighted by atomic mass is 9.45. The van der Waals surface area contributed by atoms with Crippen LogP contribution in [0, 0.1) is 16.7 Å². The quantitative estimate of drug-likeness (QED) is 0.206. The number of hydrogen-bond acceptors (Lipinski definition) is 9. The number of carbonyl (C=O) groups is 2. The molecule has 238 valence electrons. The number of benzene rings is 1. The molecule has 4 N–H and O–H groups in total. The lowest BCUT2D eigenvalue weighted by Gasteiger charge is -2.67. The molecule has 0 aromatic heterocycles. The van der Waals surface area contributed by atoms with Crippen LogP contribution in [0.4, 0.5) is 0 Å². The summed E-state index contributed by atoms with van der Waals surface area (Å²) in [6.07, 6.45) is -5.85. The molecule has 0 spiro atoms. The van der Waals surface area contributed by atoms with E-state index in [0.29, 0.717) is 5.57 Å². The Bertz CT molecular complexity index is 1280. The number of ketones is 1. The Morgan fingerprint density at radius 3 is 2.19 bits per heavy atom. The molecule has 0 amide bonds. The number of carbonyl (C=O) groups excluding carboxylic acids is 2. The third kappa shape index (κ3) is 4.46. The van der Waals surface area contributed by atoms with Gasteiger partial charge in [0.25, 0.3) is 0 Å². The van der Waals surface area contributed by atoms with Gasteiger partial charge in [0.05, 0.1) is 35.9 Å². The number of fused-ring (bicyclic) bond motifs is 5. The van der Waals surface area contributed by atoms with E-state index >= 15 is 0 Å². The summed E-state index contributed by atoms with van der Waals surface area (Å²) >= 11 is 0. The van der Waals surface area contributed by atoms with Crippen LogP contribution in [0.3, 0.4) is 0 Å². The van der Waals surface area contributed by atoms with E-state index < -0.39 is 78.5 Å². The van der Waals surface area contributed by atoms with E-state index in [1.165, 1.54) is 0 Å². The predicted molar refractivity (Wildman–Crippen MR) is 162 cm³/mol. The molecule has 7 unspecified atom stereocenters. The van der Waals surface area contributed by atoms with Crippen LogP contribution in [0.2, 0.25) is 18.1 Å². The lowest BCUT2D eigenvalue weighted by molar-refractivity contribution is -0.342. The second-order valence-electron chi connectivity index (χ2n) is 14.0. The van der Waals surface area contributed by atoms with Crippen LogP contribution in [-0.2, 0) is 18.7 Å². The van der Waals surface area contributed by atoms with Gasteiger partial charge in [-0.3, -0.25) is 4.79 Å². The molecule has 9 atom stereocenters. The maximum Gasteiger partial charge on any atom is 0.338 e. The molecule has 3 fully saturated rings. The minimum Gasteiger partial charge on any atom is -0.455 e. The molecule has 1 aromatic rings. The number of Topliss-reactive ketones (excluding diaryl/α,β-unsaturated/α-hetero) is 1. The van der Waals surface area contributed by atoms with E-state index in [1.807, 2.05) is 0 Å². The van der Waals surface area contributed by atoms with Crippen molar-refractivity contribution < 1.29 is 43.9 Å². The minimum atomic E-state index is -2.36. The van der Waals surface area contributed by atoms with Crippen molar-refractivity contribution in [3.8, 4) is 0 Å². The summed E-state index contributed by atoms with van der Waals surface area (Å²) < 4.78 is 19.2. The summed E-state index contributed by atoms with van der Waals surface area (Å²) in [6.45, 7) is 12.9. The molecule has 1 heterocycles. The molecule has 2 bridgehead atoms. The van der Waals surface area contributed by atoms with E-state index in [0.717, 1.165) is 18.1 Å². The Morgan fingerprint density at radius 1 is 1.05 bits per heavy atom. The van der Waals surface area contributed by atoms with E-state index in [9.17, 15) is 30.0 Å². The molecule has 4 aliphatic rings. The first kappa shape index (κ1) is 32.5. The second kappa shape index (κ2) is 10.9. The summed E-state index contributed by atoms with van der Waals surface area (Å²) in [5.41, 5.74) is -5.69. The van der Waals surface area contributed by atoms with E-state index in [2.05, 4.69) is 20.8 Å². The highest BCUT2D eigenvalue weighted by Crippen LogP contribution is 2.63. The number of rotatable bonds is 7. The van der Waals surface area contributed by atoms with Crippen molar-refractivity contribution in [1.29, 1.82) is 0 Å². The fourth-order valence-corrected chi connectivity index (χ4v) is 11.7. The summed E-state index contributed by atoms with van der Waals surface area (Å²) in [5, 5.41) is 48.4. The highest BCUT2D eigenvalue weighted by Gasteiger charge is 2.76. The Labute approximate surface area is 255 Å². The average molecular weight is 617 g/mol. The number of esters is 1. The first-order valence-corrected chi connectivity index (χ1v) is 18.2. The maximum absolute atomic E-state index is 14.9. The van der Waals surface area contributed by atoms with Crippen molar-refractivity contribution in [2.24, 2.45) is 16.7 Å². The third-order valence-corrected chi connectivity index (χ3v) is 16.6. The summed E-state index contributed by atoms with van der Waals surface area (Å²) in [6, 6.07) is 10.8. The monoisotopic (exact) mass is 616 g/mol. The van der Waals surface area contributed by atoms with Crippen LogP contribution in [0.15, 0.2) is 41.5 Å². The zero-order valence-electron chi connectivity index (χ0n) is 26.4. The lowest BCUT2D eigenvalue weighted by Crippen LogP contribution is -2.81. The number of ether oxygens (including phenoxy) is 2. The SMILES string of the molecule is CC[Si](CC)(CC)O[C@H]1CC2OCC2(O)C2C(OC(=O)c3ccccc3)C3(O)CC(O)C(C)=C(C(O)C(=O)[C@@]21C)C3(C)C. The van der Waals surface area contributed by atoms with Crippen LogP contribution in [0.5, 0.6) is 0 Å². The largest absolute Gasteiger partial charge is 0.455 e. The molecule has 2 saturated carbocycles. The fraction of sp³-hybridized carbons (Fsp3) is 0.697. The van der Waals surface area contributed by atoms with Crippen molar-refractivity contribution in [1.82, 2.24) is 0 Å². The van der Waals surface area contributed by atoms with Gasteiger partial charge >= 0.3 is 5.97 Å². The van der Waals surface area contributed by atoms with E-state index in [1.54, 1.807) is 58.0 Å². The normalized spacial score (nSPS) is 40.5. The van der Waals surface area contributed by atoms with Crippen molar-refractivity contribution >= 4 is 20.1 Å². The van der Waals surface area contributed by atoms with Gasteiger partial charge in [-0.15, -0.1) is 0 Å². The topological polar surface area (TPSA) is 143 Å². The van der Waals surface area contributed by atoms with Gasteiger partial charge < -0.3 is 34.3 Å². The minimum absolute atomic E-state index is 0.133. The van der Waals surface area contributed by atoms with Crippen molar-refractivity contribution in [2.45, 2.75) is 121 Å². The fourth-order valence-electron chi connectivity index (χ4n) is 8.72. The van der Waals surface area contributed by atoms with Gasteiger partial charge in [0.1, 0.15) is 23.4 Å². The van der Waals surface area contributed by atoms with Crippen LogP contribution >= 0.6 is 0 Å². The number of aliphatic hydroxyl groups excluding tert-OH is 2. The highest BCUT2D eigenvalue weighted by atomic mass is 28.4. The average Bonchev–Trinajstić information content (AvgIpc) is 2.98. The molecule has 1 aromatic carbocycles. The molecule has 1 saturated heterocycles. The zero-order valence-corrected chi connectivity index (χ0v) is 27.4. The zero-order chi connectivity index (χ0) is 31.8. The predicted octanol–water partition coefficient (Wildman–Crippen LogP) is 3.54. The molecule has 43 heavy (non-hydrogen) atoms. The summed E-state index contributed by atoms with van der Waals surface area (Å²) in [5.74, 6) is -2.51. The van der Waals surface area contributed by atoms with Crippen LogP contribution in [0.25, 0.3) is 0 Å². The summed E-state index contributed by atoms with van der Waals surface area (Å²) in [4.78, 5) is 28.7. The molecular formula is C33H48O9Si. The smallest absolute Gasteiger partial charge is 0.338 e. The van der Waals surface area contributed by atoms with Gasteiger partial charge in [-0.05, 0) is 55.3 Å². The van der Waals surface area contributed by atoms with Gasteiger partial charge in [-0.25, -0.2) is 4.79 Å². The van der Waals surface area contributed by atoms with Crippen LogP contribution < -0.4 is 0 Å². The van der Waals surface area contributed by atoms with Crippen molar-refractivity contribution in [3.63, 3.8) is 0 Å². The molecule has 10 heteroatoms. The van der Waals surface area contributed by atoms with Crippen LogP contribution in [-0.4, -0.2) is 88.8 Å². The Hall–Kier alpha value is -1.92. The number of hydrogen-bond donors (Lipinski definition) is 4. The second-order valence-corrected chi connectivity index (χ2v) is 18.7. The molecule has 9 nitrogen and oxygen atoms in total. The van der Waals surface area contributed by atoms with E-state index in [4.69, 9.17) is 13.9 Å². The first-order chi connectivity index (χ1) is 20.1. The molecule has 0 radical (unpaired) electrons.